The lowest BCUT2D eigenvalue weighted by atomic mass is 10.1. The van der Waals surface area contributed by atoms with Crippen LogP contribution in [0.2, 0.25) is 0 Å². The molecule has 78 valence electrons. The number of rotatable bonds is 5. The Morgan fingerprint density at radius 1 is 1.54 bits per heavy atom. The van der Waals surface area contributed by atoms with Crippen LogP contribution in [0, 0.1) is 5.92 Å². The summed E-state index contributed by atoms with van der Waals surface area (Å²) in [6, 6.07) is -0.380. The summed E-state index contributed by atoms with van der Waals surface area (Å²) < 4.78 is 22.9. The van der Waals surface area contributed by atoms with E-state index in [1.807, 2.05) is 0 Å². The number of sulfone groups is 1. The molecule has 0 aliphatic heterocycles. The molecule has 4 nitrogen and oxygen atoms in total. The summed E-state index contributed by atoms with van der Waals surface area (Å²) in [5.41, 5.74) is 5.76. The maximum atomic E-state index is 11.5. The molecule has 0 heterocycles. The van der Waals surface area contributed by atoms with Crippen molar-refractivity contribution in [3.8, 4) is 0 Å². The molecule has 0 radical (unpaired) electrons. The molecule has 2 atom stereocenters. The Balaban J connectivity index is 2.71. The Morgan fingerprint density at radius 3 is 2.38 bits per heavy atom. The average Bonchev–Trinajstić information content (AvgIpc) is 2.87. The minimum atomic E-state index is -3.19. The van der Waals surface area contributed by atoms with Crippen LogP contribution in [0.25, 0.3) is 0 Å². The van der Waals surface area contributed by atoms with E-state index in [9.17, 15) is 8.42 Å². The summed E-state index contributed by atoms with van der Waals surface area (Å²) in [6.07, 6.45) is 1.99. The number of hydrogen-bond donors (Lipinski definition) is 2. The molecule has 5 heteroatoms. The van der Waals surface area contributed by atoms with Gasteiger partial charge in [-0.1, -0.05) is 6.92 Å². The molecule has 0 saturated heterocycles. The molecule has 0 bridgehead atoms. The maximum absolute atomic E-state index is 11.5. The lowest BCUT2D eigenvalue weighted by Gasteiger charge is -2.20. The van der Waals surface area contributed by atoms with Gasteiger partial charge in [-0.2, -0.15) is 0 Å². The highest BCUT2D eigenvalue weighted by atomic mass is 32.2. The van der Waals surface area contributed by atoms with Crippen LogP contribution in [0.3, 0.4) is 0 Å². The Kier molecular flexibility index (Phi) is 3.32. The SMILES string of the molecule is CCS(=O)(=O)[C@@H](CO)[C@@H](N)C1CC1. The van der Waals surface area contributed by atoms with Crippen LogP contribution in [0.5, 0.6) is 0 Å². The molecule has 1 aliphatic carbocycles. The second kappa shape index (κ2) is 3.94. The fourth-order valence-corrected chi connectivity index (χ4v) is 2.83. The summed E-state index contributed by atoms with van der Waals surface area (Å²) in [4.78, 5) is 0. The van der Waals surface area contributed by atoms with Crippen LogP contribution in [-0.4, -0.2) is 37.2 Å². The molecule has 13 heavy (non-hydrogen) atoms. The van der Waals surface area contributed by atoms with Gasteiger partial charge in [0.25, 0.3) is 0 Å². The van der Waals surface area contributed by atoms with Gasteiger partial charge >= 0.3 is 0 Å². The van der Waals surface area contributed by atoms with Crippen molar-refractivity contribution in [2.24, 2.45) is 11.7 Å². The van der Waals surface area contributed by atoms with Crippen LogP contribution >= 0.6 is 0 Å². The first-order chi connectivity index (χ1) is 6.03. The van der Waals surface area contributed by atoms with Crippen molar-refractivity contribution in [3.05, 3.63) is 0 Å². The monoisotopic (exact) mass is 207 g/mol. The molecule has 3 N–H and O–H groups in total. The predicted molar refractivity (Wildman–Crippen MR) is 51.0 cm³/mol. The summed E-state index contributed by atoms with van der Waals surface area (Å²) in [5.74, 6) is 0.358. The topological polar surface area (TPSA) is 80.4 Å². The minimum Gasteiger partial charge on any atom is -0.395 e. The molecular formula is C8H17NO3S. The second-order valence-corrected chi connectivity index (χ2v) is 6.10. The lowest BCUT2D eigenvalue weighted by molar-refractivity contribution is 0.271. The van der Waals surface area contributed by atoms with Crippen molar-refractivity contribution in [1.82, 2.24) is 0 Å². The Morgan fingerprint density at radius 2 is 2.08 bits per heavy atom. The van der Waals surface area contributed by atoms with Gasteiger partial charge in [-0.3, -0.25) is 0 Å². The zero-order valence-corrected chi connectivity index (χ0v) is 8.63. The zero-order valence-electron chi connectivity index (χ0n) is 7.81. The highest BCUT2D eigenvalue weighted by Crippen LogP contribution is 2.34. The molecule has 0 spiro atoms. The van der Waals surface area contributed by atoms with Crippen molar-refractivity contribution in [2.75, 3.05) is 12.4 Å². The Labute approximate surface area is 79.0 Å². The van der Waals surface area contributed by atoms with Gasteiger partial charge in [-0.15, -0.1) is 0 Å². The van der Waals surface area contributed by atoms with Gasteiger partial charge in [0.05, 0.1) is 11.9 Å². The predicted octanol–water partition coefficient (Wildman–Crippen LogP) is -0.481. The third-order valence-electron chi connectivity index (χ3n) is 2.64. The first-order valence-corrected chi connectivity index (χ1v) is 6.32. The highest BCUT2D eigenvalue weighted by molar-refractivity contribution is 7.92. The molecule has 1 fully saturated rings. The van der Waals surface area contributed by atoms with Crippen molar-refractivity contribution in [1.29, 1.82) is 0 Å². The Hall–Kier alpha value is -0.130. The second-order valence-electron chi connectivity index (χ2n) is 3.59. The molecule has 0 amide bonds. The van der Waals surface area contributed by atoms with E-state index in [2.05, 4.69) is 0 Å². The average molecular weight is 207 g/mol. The highest BCUT2D eigenvalue weighted by Gasteiger charge is 2.39. The lowest BCUT2D eigenvalue weighted by Crippen LogP contribution is -2.45. The van der Waals surface area contributed by atoms with Crippen LogP contribution < -0.4 is 5.73 Å². The Bertz CT molecular complexity index is 259. The van der Waals surface area contributed by atoms with Gasteiger partial charge in [-0.05, 0) is 18.8 Å². The number of nitrogens with two attached hydrogens (primary N) is 1. The van der Waals surface area contributed by atoms with Crippen LogP contribution in [0.15, 0.2) is 0 Å². The normalized spacial score (nSPS) is 22.7. The van der Waals surface area contributed by atoms with Crippen molar-refractivity contribution in [2.45, 2.75) is 31.1 Å². The largest absolute Gasteiger partial charge is 0.395 e. The van der Waals surface area contributed by atoms with Crippen molar-refractivity contribution < 1.29 is 13.5 Å². The summed E-state index contributed by atoms with van der Waals surface area (Å²) in [5, 5.41) is 8.22. The molecular weight excluding hydrogens is 190 g/mol. The van der Waals surface area contributed by atoms with Gasteiger partial charge in [0, 0.05) is 11.8 Å². The third kappa shape index (κ3) is 2.42. The van der Waals surface area contributed by atoms with E-state index in [0.717, 1.165) is 12.8 Å². The fourth-order valence-electron chi connectivity index (χ4n) is 1.47. The summed E-state index contributed by atoms with van der Waals surface area (Å²) >= 11 is 0. The van der Waals surface area contributed by atoms with Crippen LogP contribution in [-0.2, 0) is 9.84 Å². The van der Waals surface area contributed by atoms with Crippen LogP contribution in [0.4, 0.5) is 0 Å². The number of aliphatic hydroxyl groups excluding tert-OH is 1. The van der Waals surface area contributed by atoms with E-state index in [0.29, 0.717) is 5.92 Å². The molecule has 1 rings (SSSR count). The van der Waals surface area contributed by atoms with E-state index in [-0.39, 0.29) is 18.4 Å². The number of hydrogen-bond acceptors (Lipinski definition) is 4. The summed E-state index contributed by atoms with van der Waals surface area (Å²) in [7, 11) is -3.19. The molecule has 0 unspecified atom stereocenters. The van der Waals surface area contributed by atoms with Gasteiger partial charge in [0.1, 0.15) is 0 Å². The number of aliphatic hydroxyl groups is 1. The fraction of sp³-hybridized carbons (Fsp3) is 1.00. The van der Waals surface area contributed by atoms with Crippen molar-refractivity contribution in [3.63, 3.8) is 0 Å². The zero-order chi connectivity index (χ0) is 10.1. The van der Waals surface area contributed by atoms with Crippen molar-refractivity contribution >= 4 is 9.84 Å². The first-order valence-electron chi connectivity index (χ1n) is 4.61. The van der Waals surface area contributed by atoms with E-state index >= 15 is 0 Å². The molecule has 0 aromatic carbocycles. The van der Waals surface area contributed by atoms with E-state index in [1.54, 1.807) is 6.92 Å². The van der Waals surface area contributed by atoms with E-state index in [1.165, 1.54) is 0 Å². The molecule has 1 saturated carbocycles. The van der Waals surface area contributed by atoms with Gasteiger partial charge in [0.2, 0.25) is 0 Å². The first kappa shape index (κ1) is 10.9. The third-order valence-corrected chi connectivity index (χ3v) is 4.83. The molecule has 0 aromatic rings. The molecule has 1 aliphatic rings. The van der Waals surface area contributed by atoms with Crippen LogP contribution in [0.1, 0.15) is 19.8 Å². The van der Waals surface area contributed by atoms with Gasteiger partial charge in [0.15, 0.2) is 9.84 Å². The van der Waals surface area contributed by atoms with E-state index in [4.69, 9.17) is 10.8 Å². The summed E-state index contributed by atoms with van der Waals surface area (Å²) in [6.45, 7) is 1.23. The standard InChI is InChI=1S/C8H17NO3S/c1-2-13(11,12)7(5-10)8(9)6-3-4-6/h6-8,10H,2-5,9H2,1H3/t7-,8-/m0/s1. The van der Waals surface area contributed by atoms with Gasteiger partial charge in [-0.25, -0.2) is 8.42 Å². The molecule has 0 aromatic heterocycles. The minimum absolute atomic E-state index is 0.0542. The van der Waals surface area contributed by atoms with E-state index < -0.39 is 15.1 Å². The smallest absolute Gasteiger partial charge is 0.156 e. The maximum Gasteiger partial charge on any atom is 0.156 e. The quantitative estimate of drug-likeness (QED) is 0.638. The van der Waals surface area contributed by atoms with Gasteiger partial charge < -0.3 is 10.8 Å².